The zero-order valence-electron chi connectivity index (χ0n) is 17.0. The molecule has 1 heterocycles. The van der Waals surface area contributed by atoms with Gasteiger partial charge in [-0.3, -0.25) is 9.59 Å². The molecule has 0 aliphatic rings. The van der Waals surface area contributed by atoms with E-state index in [1.165, 1.54) is 31.4 Å². The highest BCUT2D eigenvalue weighted by molar-refractivity contribution is 5.86. The number of hydrogen-bond acceptors (Lipinski definition) is 8. The van der Waals surface area contributed by atoms with Crippen molar-refractivity contribution >= 4 is 17.8 Å². The van der Waals surface area contributed by atoms with Crippen molar-refractivity contribution in [2.45, 2.75) is 39.2 Å². The number of methoxy groups -OCH3 is 1. The highest BCUT2D eigenvalue weighted by Gasteiger charge is 2.23. The van der Waals surface area contributed by atoms with Crippen LogP contribution < -0.4 is 5.32 Å². The van der Waals surface area contributed by atoms with Gasteiger partial charge in [-0.15, -0.1) is 0 Å². The van der Waals surface area contributed by atoms with Crippen LogP contribution in [-0.4, -0.2) is 47.7 Å². The first-order valence-corrected chi connectivity index (χ1v) is 9.39. The van der Waals surface area contributed by atoms with Crippen molar-refractivity contribution in [3.05, 3.63) is 36.0 Å². The van der Waals surface area contributed by atoms with Gasteiger partial charge in [-0.2, -0.15) is 4.98 Å². The molecular weight excluding hydrogens is 397 g/mol. The van der Waals surface area contributed by atoms with E-state index in [2.05, 4.69) is 20.2 Å². The van der Waals surface area contributed by atoms with Crippen LogP contribution in [0.25, 0.3) is 11.4 Å². The summed E-state index contributed by atoms with van der Waals surface area (Å²) in [7, 11) is 1.24. The first-order chi connectivity index (χ1) is 14.3. The second-order valence-corrected chi connectivity index (χ2v) is 6.95. The largest absolute Gasteiger partial charge is 0.467 e. The smallest absolute Gasteiger partial charge is 0.328 e. The van der Waals surface area contributed by atoms with Gasteiger partial charge >= 0.3 is 11.9 Å². The molecule has 0 aliphatic heterocycles. The van der Waals surface area contributed by atoms with Crippen LogP contribution >= 0.6 is 0 Å². The molecule has 1 amide bonds. The molecule has 0 fully saturated rings. The fourth-order valence-electron chi connectivity index (χ4n) is 2.56. The summed E-state index contributed by atoms with van der Waals surface area (Å²) in [5.74, 6) is -1.53. The van der Waals surface area contributed by atoms with Crippen molar-refractivity contribution in [2.75, 3.05) is 13.7 Å². The van der Waals surface area contributed by atoms with Gasteiger partial charge in [0, 0.05) is 12.0 Å². The van der Waals surface area contributed by atoms with Gasteiger partial charge in [-0.1, -0.05) is 19.0 Å². The third kappa shape index (κ3) is 7.26. The topological polar surface area (TPSA) is 121 Å². The molecule has 0 saturated heterocycles. The Balaban J connectivity index is 1.77. The quantitative estimate of drug-likeness (QED) is 0.579. The molecular formula is C20H24FN3O6. The summed E-state index contributed by atoms with van der Waals surface area (Å²) >= 11 is 0. The van der Waals surface area contributed by atoms with Crippen LogP contribution in [0.3, 0.4) is 0 Å². The number of nitrogens with zero attached hydrogens (tertiary/aromatic N) is 2. The zero-order valence-corrected chi connectivity index (χ0v) is 17.0. The molecule has 30 heavy (non-hydrogen) atoms. The Morgan fingerprint density at radius 1 is 1.20 bits per heavy atom. The third-order valence-electron chi connectivity index (χ3n) is 4.01. The number of amides is 1. The first-order valence-electron chi connectivity index (χ1n) is 9.39. The molecule has 162 valence electrons. The van der Waals surface area contributed by atoms with Gasteiger partial charge in [-0.05, 0) is 36.6 Å². The van der Waals surface area contributed by atoms with Gasteiger partial charge in [0.25, 0.3) is 5.91 Å². The monoisotopic (exact) mass is 421 g/mol. The minimum Gasteiger partial charge on any atom is -0.467 e. The SMILES string of the molecule is COC(=O)C(CC(C)C)NC(=O)COC(=O)CCc1nc(-c2ccc(F)cc2)no1. The minimum atomic E-state index is -0.801. The molecule has 2 rings (SSSR count). The zero-order chi connectivity index (χ0) is 22.1. The van der Waals surface area contributed by atoms with Crippen molar-refractivity contribution in [1.29, 1.82) is 0 Å². The molecule has 2 aromatic rings. The third-order valence-corrected chi connectivity index (χ3v) is 4.01. The average Bonchev–Trinajstić information content (AvgIpc) is 3.19. The van der Waals surface area contributed by atoms with Gasteiger partial charge in [0.05, 0.1) is 13.5 Å². The number of rotatable bonds is 10. The van der Waals surface area contributed by atoms with E-state index in [1.54, 1.807) is 0 Å². The number of ether oxygens (including phenoxy) is 2. The Labute approximate surface area is 172 Å². The second-order valence-electron chi connectivity index (χ2n) is 6.95. The molecule has 1 unspecified atom stereocenters. The molecule has 0 bridgehead atoms. The Morgan fingerprint density at radius 3 is 2.53 bits per heavy atom. The van der Waals surface area contributed by atoms with Gasteiger partial charge in [0.2, 0.25) is 11.7 Å². The average molecular weight is 421 g/mol. The number of nitrogens with one attached hydrogen (secondary N) is 1. The number of aryl methyl sites for hydroxylation is 1. The fraction of sp³-hybridized carbons (Fsp3) is 0.450. The number of benzene rings is 1. The summed E-state index contributed by atoms with van der Waals surface area (Å²) in [4.78, 5) is 39.7. The first kappa shape index (κ1) is 23.0. The van der Waals surface area contributed by atoms with Crippen molar-refractivity contribution in [3.63, 3.8) is 0 Å². The Kier molecular flexibility index (Phi) is 8.45. The predicted octanol–water partition coefficient (Wildman–Crippen LogP) is 2.06. The Hall–Kier alpha value is -3.30. The predicted molar refractivity (Wildman–Crippen MR) is 102 cm³/mol. The lowest BCUT2D eigenvalue weighted by Gasteiger charge is -2.18. The van der Waals surface area contributed by atoms with Crippen LogP contribution in [0.4, 0.5) is 4.39 Å². The van der Waals surface area contributed by atoms with Gasteiger partial charge in [0.1, 0.15) is 11.9 Å². The van der Waals surface area contributed by atoms with E-state index in [1.807, 2.05) is 13.8 Å². The number of hydrogen-bond donors (Lipinski definition) is 1. The minimum absolute atomic E-state index is 0.0786. The molecule has 1 N–H and O–H groups in total. The van der Waals surface area contributed by atoms with E-state index in [0.717, 1.165) is 0 Å². The molecule has 10 heteroatoms. The van der Waals surface area contributed by atoms with E-state index in [0.29, 0.717) is 12.0 Å². The second kappa shape index (κ2) is 11.0. The summed E-state index contributed by atoms with van der Waals surface area (Å²) in [6, 6.07) is 4.78. The number of carbonyl (C=O) groups excluding carboxylic acids is 3. The van der Waals surface area contributed by atoms with E-state index in [-0.39, 0.29) is 36.3 Å². The van der Waals surface area contributed by atoms with E-state index >= 15 is 0 Å². The lowest BCUT2D eigenvalue weighted by molar-refractivity contribution is -0.150. The van der Waals surface area contributed by atoms with Crippen LogP contribution in [0.5, 0.6) is 0 Å². The maximum absolute atomic E-state index is 13.0. The molecule has 0 aliphatic carbocycles. The molecule has 9 nitrogen and oxygen atoms in total. The van der Waals surface area contributed by atoms with Crippen molar-refractivity contribution in [3.8, 4) is 11.4 Å². The molecule has 0 spiro atoms. The van der Waals surface area contributed by atoms with Crippen molar-refractivity contribution in [2.24, 2.45) is 5.92 Å². The van der Waals surface area contributed by atoms with Crippen molar-refractivity contribution < 1.29 is 32.8 Å². The summed E-state index contributed by atoms with van der Waals surface area (Å²) < 4.78 is 27.6. The number of carbonyl (C=O) groups is 3. The molecule has 0 radical (unpaired) electrons. The van der Waals surface area contributed by atoms with Crippen LogP contribution in [-0.2, 0) is 30.3 Å². The molecule has 1 atom stereocenters. The summed E-state index contributed by atoms with van der Waals surface area (Å²) in [5, 5.41) is 6.28. The summed E-state index contributed by atoms with van der Waals surface area (Å²) in [6.45, 7) is 3.29. The van der Waals surface area contributed by atoms with E-state index in [9.17, 15) is 18.8 Å². The van der Waals surface area contributed by atoms with Crippen LogP contribution in [0.1, 0.15) is 32.6 Å². The standard InChI is InChI=1S/C20H24FN3O6/c1-12(2)10-15(20(27)28-3)22-16(25)11-29-18(26)9-8-17-23-19(24-30-17)13-4-6-14(21)7-5-13/h4-7,12,15H,8-11H2,1-3H3,(H,22,25). The Morgan fingerprint density at radius 2 is 1.90 bits per heavy atom. The fourth-order valence-corrected chi connectivity index (χ4v) is 2.56. The maximum Gasteiger partial charge on any atom is 0.328 e. The lowest BCUT2D eigenvalue weighted by atomic mass is 10.0. The van der Waals surface area contributed by atoms with E-state index in [4.69, 9.17) is 9.26 Å². The highest BCUT2D eigenvalue weighted by atomic mass is 19.1. The molecule has 1 aromatic heterocycles. The number of halogens is 1. The van der Waals surface area contributed by atoms with E-state index < -0.39 is 30.5 Å². The summed E-state index contributed by atoms with van der Waals surface area (Å²) in [6.07, 6.45) is 0.442. The van der Waals surface area contributed by atoms with Crippen LogP contribution in [0, 0.1) is 11.7 Å². The van der Waals surface area contributed by atoms with Crippen LogP contribution in [0.15, 0.2) is 28.8 Å². The lowest BCUT2D eigenvalue weighted by Crippen LogP contribution is -2.44. The number of aromatic nitrogens is 2. The van der Waals surface area contributed by atoms with Gasteiger partial charge in [-0.25, -0.2) is 9.18 Å². The Bertz CT molecular complexity index is 866. The normalized spacial score (nSPS) is 11.8. The molecule has 1 aromatic carbocycles. The van der Waals surface area contributed by atoms with Crippen molar-refractivity contribution in [1.82, 2.24) is 15.5 Å². The number of esters is 2. The van der Waals surface area contributed by atoms with Gasteiger partial charge in [0.15, 0.2) is 6.61 Å². The van der Waals surface area contributed by atoms with Crippen LogP contribution in [0.2, 0.25) is 0 Å². The summed E-state index contributed by atoms with van der Waals surface area (Å²) in [5.41, 5.74) is 0.576. The molecule has 0 saturated carbocycles. The maximum atomic E-state index is 13.0. The van der Waals surface area contributed by atoms with Gasteiger partial charge < -0.3 is 19.3 Å². The highest BCUT2D eigenvalue weighted by Crippen LogP contribution is 2.16.